The topological polar surface area (TPSA) is 80.4 Å². The molecule has 20 heavy (non-hydrogen) atoms. The Balaban J connectivity index is 2.39. The Kier molecular flexibility index (Phi) is 4.54. The maximum absolute atomic E-state index is 11.0. The summed E-state index contributed by atoms with van der Waals surface area (Å²) in [5.74, 6) is -1.04. The number of thiophene rings is 1. The molecular weight excluding hydrogens is 345 g/mol. The van der Waals surface area contributed by atoms with Crippen LogP contribution in [0.15, 0.2) is 33.4 Å². The second kappa shape index (κ2) is 6.01. The molecule has 1 aromatic carbocycles. The lowest BCUT2D eigenvalue weighted by atomic mass is 10.3. The highest BCUT2D eigenvalue weighted by Crippen LogP contribution is 2.40. The van der Waals surface area contributed by atoms with Gasteiger partial charge in [0.05, 0.1) is 19.9 Å². The minimum absolute atomic E-state index is 0.0965. The van der Waals surface area contributed by atoms with Gasteiger partial charge in [-0.3, -0.25) is 10.1 Å². The third-order valence-corrected chi connectivity index (χ3v) is 5.02. The van der Waals surface area contributed by atoms with E-state index in [9.17, 15) is 14.9 Å². The van der Waals surface area contributed by atoms with Gasteiger partial charge in [-0.25, -0.2) is 4.79 Å². The first-order valence-electron chi connectivity index (χ1n) is 5.01. The van der Waals surface area contributed by atoms with Gasteiger partial charge < -0.3 is 5.11 Å². The minimum atomic E-state index is -1.04. The van der Waals surface area contributed by atoms with Crippen LogP contribution in [0.4, 0.5) is 5.69 Å². The van der Waals surface area contributed by atoms with Gasteiger partial charge >= 0.3 is 5.97 Å². The van der Waals surface area contributed by atoms with E-state index in [4.69, 9.17) is 28.3 Å². The molecule has 2 rings (SSSR count). The first kappa shape index (κ1) is 15.1. The number of nitro groups is 1. The Bertz CT molecular complexity index is 702. The summed E-state index contributed by atoms with van der Waals surface area (Å²) >= 11 is 13.7. The maximum Gasteiger partial charge on any atom is 0.345 e. The molecule has 0 saturated heterocycles. The first-order valence-corrected chi connectivity index (χ1v) is 7.47. The van der Waals surface area contributed by atoms with Crippen molar-refractivity contribution in [1.82, 2.24) is 0 Å². The number of nitro benzene ring substituents is 1. The summed E-state index contributed by atoms with van der Waals surface area (Å²) in [6.45, 7) is 0. The van der Waals surface area contributed by atoms with Gasteiger partial charge in [0.25, 0.3) is 5.69 Å². The summed E-state index contributed by atoms with van der Waals surface area (Å²) in [6, 6.07) is 4.02. The SMILES string of the molecule is O=C(O)c1cc(Sc2cc(Cl)c(Cl)cc2[N+](=O)[O-])cs1. The van der Waals surface area contributed by atoms with Gasteiger partial charge in [-0.05, 0) is 12.1 Å². The van der Waals surface area contributed by atoms with E-state index in [0.29, 0.717) is 9.79 Å². The van der Waals surface area contributed by atoms with Crippen molar-refractivity contribution < 1.29 is 14.8 Å². The van der Waals surface area contributed by atoms with E-state index >= 15 is 0 Å². The van der Waals surface area contributed by atoms with E-state index in [1.165, 1.54) is 18.2 Å². The fraction of sp³-hybridized carbons (Fsp3) is 0. The van der Waals surface area contributed by atoms with Gasteiger partial charge in [-0.15, -0.1) is 11.3 Å². The molecule has 0 spiro atoms. The van der Waals surface area contributed by atoms with Crippen LogP contribution in [0.25, 0.3) is 0 Å². The number of carbonyl (C=O) groups is 1. The number of rotatable bonds is 4. The summed E-state index contributed by atoms with van der Waals surface area (Å²) in [7, 11) is 0. The molecule has 1 heterocycles. The summed E-state index contributed by atoms with van der Waals surface area (Å²) in [5.41, 5.74) is -0.174. The quantitative estimate of drug-likeness (QED) is 0.632. The third kappa shape index (κ3) is 3.24. The molecular formula is C11H5Cl2NO4S2. The van der Waals surface area contributed by atoms with Crippen molar-refractivity contribution in [2.24, 2.45) is 0 Å². The van der Waals surface area contributed by atoms with Gasteiger partial charge in [0, 0.05) is 16.3 Å². The van der Waals surface area contributed by atoms with Gasteiger partial charge in [-0.2, -0.15) is 0 Å². The van der Waals surface area contributed by atoms with Gasteiger partial charge in [-0.1, -0.05) is 35.0 Å². The lowest BCUT2D eigenvalue weighted by Crippen LogP contribution is -1.91. The standard InChI is InChI=1S/C11H5Cl2NO4S2/c12-6-2-8(14(17)18)9(3-7(6)13)20-5-1-10(11(15)16)19-4-5/h1-4H,(H,15,16). The van der Waals surface area contributed by atoms with Crippen LogP contribution in [-0.4, -0.2) is 16.0 Å². The molecule has 9 heteroatoms. The summed E-state index contributed by atoms with van der Waals surface area (Å²) in [6.07, 6.45) is 0. The zero-order valence-corrected chi connectivity index (χ0v) is 12.6. The fourth-order valence-corrected chi connectivity index (χ4v) is 3.60. The van der Waals surface area contributed by atoms with Crippen molar-refractivity contribution in [3.05, 3.63) is 48.6 Å². The molecule has 0 unspecified atom stereocenters. The van der Waals surface area contributed by atoms with E-state index in [-0.39, 0.29) is 20.6 Å². The fourth-order valence-electron chi connectivity index (χ4n) is 1.35. The van der Waals surface area contributed by atoms with Crippen LogP contribution >= 0.6 is 46.3 Å². The molecule has 1 aromatic heterocycles. The Hall–Kier alpha value is -1.28. The van der Waals surface area contributed by atoms with Crippen LogP contribution in [-0.2, 0) is 0 Å². The average Bonchev–Trinajstić information content (AvgIpc) is 2.82. The van der Waals surface area contributed by atoms with Crippen molar-refractivity contribution in [2.45, 2.75) is 9.79 Å². The Morgan fingerprint density at radius 2 is 1.95 bits per heavy atom. The smallest absolute Gasteiger partial charge is 0.345 e. The van der Waals surface area contributed by atoms with Crippen molar-refractivity contribution in [2.75, 3.05) is 0 Å². The summed E-state index contributed by atoms with van der Waals surface area (Å²) < 4.78 is 0. The molecule has 0 fully saturated rings. The second-order valence-electron chi connectivity index (χ2n) is 3.55. The molecule has 1 N–H and O–H groups in total. The summed E-state index contributed by atoms with van der Waals surface area (Å²) in [5, 5.41) is 21.7. The van der Waals surface area contributed by atoms with Crippen LogP contribution < -0.4 is 0 Å². The molecule has 104 valence electrons. The number of halogens is 2. The lowest BCUT2D eigenvalue weighted by Gasteiger charge is -2.03. The number of hydrogen-bond donors (Lipinski definition) is 1. The molecule has 5 nitrogen and oxygen atoms in total. The number of nitrogens with zero attached hydrogens (tertiary/aromatic N) is 1. The molecule has 0 aliphatic rings. The van der Waals surface area contributed by atoms with E-state index in [0.717, 1.165) is 23.1 Å². The van der Waals surface area contributed by atoms with Gasteiger partial charge in [0.1, 0.15) is 4.88 Å². The molecule has 0 aliphatic heterocycles. The third-order valence-electron chi connectivity index (χ3n) is 2.21. The van der Waals surface area contributed by atoms with E-state index in [1.54, 1.807) is 5.38 Å². The van der Waals surface area contributed by atoms with E-state index in [1.807, 2.05) is 0 Å². The molecule has 0 atom stereocenters. The Morgan fingerprint density at radius 3 is 2.50 bits per heavy atom. The molecule has 0 bridgehead atoms. The average molecular weight is 350 g/mol. The largest absolute Gasteiger partial charge is 0.477 e. The van der Waals surface area contributed by atoms with Crippen molar-refractivity contribution >= 4 is 58.0 Å². The number of aromatic carboxylic acids is 1. The predicted octanol–water partition coefficient (Wildman–Crippen LogP) is 4.81. The second-order valence-corrected chi connectivity index (χ2v) is 6.39. The highest BCUT2D eigenvalue weighted by molar-refractivity contribution is 7.99. The Morgan fingerprint density at radius 1 is 1.30 bits per heavy atom. The molecule has 2 aromatic rings. The van der Waals surface area contributed by atoms with Crippen molar-refractivity contribution in [3.8, 4) is 0 Å². The van der Waals surface area contributed by atoms with Gasteiger partial charge in [0.15, 0.2) is 0 Å². The van der Waals surface area contributed by atoms with Crippen LogP contribution in [0.1, 0.15) is 9.67 Å². The molecule has 0 radical (unpaired) electrons. The minimum Gasteiger partial charge on any atom is -0.477 e. The number of carboxylic acid groups (broad SMARTS) is 1. The number of hydrogen-bond acceptors (Lipinski definition) is 5. The van der Waals surface area contributed by atoms with Crippen LogP contribution in [0.2, 0.25) is 10.0 Å². The first-order chi connectivity index (χ1) is 9.38. The molecule has 0 amide bonds. The van der Waals surface area contributed by atoms with E-state index in [2.05, 4.69) is 0 Å². The van der Waals surface area contributed by atoms with Crippen molar-refractivity contribution in [1.29, 1.82) is 0 Å². The normalized spacial score (nSPS) is 10.5. The van der Waals surface area contributed by atoms with Gasteiger partial charge in [0.2, 0.25) is 0 Å². The molecule has 0 aliphatic carbocycles. The van der Waals surface area contributed by atoms with Crippen LogP contribution in [0, 0.1) is 10.1 Å². The van der Waals surface area contributed by atoms with E-state index < -0.39 is 10.9 Å². The monoisotopic (exact) mass is 349 g/mol. The predicted molar refractivity (Wildman–Crippen MR) is 78.5 cm³/mol. The van der Waals surface area contributed by atoms with Crippen LogP contribution in [0.3, 0.4) is 0 Å². The number of carboxylic acids is 1. The lowest BCUT2D eigenvalue weighted by molar-refractivity contribution is -0.387. The molecule has 0 saturated carbocycles. The zero-order valence-electron chi connectivity index (χ0n) is 9.50. The zero-order chi connectivity index (χ0) is 14.9. The van der Waals surface area contributed by atoms with Crippen molar-refractivity contribution in [3.63, 3.8) is 0 Å². The number of benzene rings is 1. The Labute approximate surface area is 131 Å². The van der Waals surface area contributed by atoms with Crippen LogP contribution in [0.5, 0.6) is 0 Å². The highest BCUT2D eigenvalue weighted by Gasteiger charge is 2.19. The summed E-state index contributed by atoms with van der Waals surface area (Å²) in [4.78, 5) is 22.3. The maximum atomic E-state index is 11.0. The highest BCUT2D eigenvalue weighted by atomic mass is 35.5.